The van der Waals surface area contributed by atoms with Crippen LogP contribution < -0.4 is 0 Å². The predicted octanol–water partition coefficient (Wildman–Crippen LogP) is 1.22. The Morgan fingerprint density at radius 3 is 2.55 bits per heavy atom. The van der Waals surface area contributed by atoms with Crippen molar-refractivity contribution in [3.8, 4) is 0 Å². The molecule has 6 heteroatoms. The van der Waals surface area contributed by atoms with Crippen LogP contribution in [0.25, 0.3) is 0 Å². The third-order valence-corrected chi connectivity index (χ3v) is 2.18. The van der Waals surface area contributed by atoms with Crippen molar-refractivity contribution in [1.29, 1.82) is 0 Å². The molecule has 0 aliphatic rings. The van der Waals surface area contributed by atoms with Crippen LogP contribution in [0.4, 0.5) is 0 Å². The molecule has 1 heterocycles. The summed E-state index contributed by atoms with van der Waals surface area (Å²) in [6.07, 6.45) is 1.14. The van der Waals surface area contributed by atoms with E-state index in [-0.39, 0.29) is 9.88 Å². The van der Waals surface area contributed by atoms with Crippen LogP contribution in [0.15, 0.2) is 6.20 Å². The molecular formula is C5H2ClNO3S. The minimum Gasteiger partial charge on any atom is -0.476 e. The molecule has 0 fully saturated rings. The number of nitrogens with zero attached hydrogens (tertiary/aromatic N) is 1. The number of carbonyl (C=O) groups excluding carboxylic acids is 1. The minimum absolute atomic E-state index is 0.131. The zero-order valence-corrected chi connectivity index (χ0v) is 6.65. The molecule has 0 spiro atoms. The maximum atomic E-state index is 10.4. The molecule has 0 amide bonds. The van der Waals surface area contributed by atoms with E-state index in [2.05, 4.69) is 4.98 Å². The molecule has 0 atom stereocenters. The van der Waals surface area contributed by atoms with Crippen LogP contribution in [-0.4, -0.2) is 21.3 Å². The van der Waals surface area contributed by atoms with Crippen LogP contribution in [0.3, 0.4) is 0 Å². The second-order valence-corrected chi connectivity index (χ2v) is 2.98. The monoisotopic (exact) mass is 191 g/mol. The molecule has 0 saturated carbocycles. The Hall–Kier alpha value is -0.940. The lowest BCUT2D eigenvalue weighted by molar-refractivity contribution is 0.0696. The molecular weight excluding hydrogens is 190 g/mol. The molecule has 11 heavy (non-hydrogen) atoms. The van der Waals surface area contributed by atoms with E-state index in [1.165, 1.54) is 0 Å². The summed E-state index contributed by atoms with van der Waals surface area (Å²) in [6, 6.07) is 0. The Morgan fingerprint density at radius 2 is 2.27 bits per heavy atom. The fraction of sp³-hybridized carbons (Fsp3) is 0. The summed E-state index contributed by atoms with van der Waals surface area (Å²) < 4.78 is 0. The lowest BCUT2D eigenvalue weighted by Gasteiger charge is -1.79. The first-order chi connectivity index (χ1) is 5.11. The second-order valence-electron chi connectivity index (χ2n) is 1.61. The molecule has 0 aromatic carbocycles. The molecule has 0 saturated heterocycles. The van der Waals surface area contributed by atoms with Crippen molar-refractivity contribution >= 4 is 34.1 Å². The number of carboxylic acid groups (broad SMARTS) is 1. The van der Waals surface area contributed by atoms with E-state index in [1.807, 2.05) is 0 Å². The normalized spacial score (nSPS) is 9.55. The van der Waals surface area contributed by atoms with Gasteiger partial charge in [-0.15, -0.1) is 11.3 Å². The smallest absolute Gasteiger partial charge is 0.365 e. The Bertz CT molecular complexity index is 280. The fourth-order valence-electron chi connectivity index (χ4n) is 0.464. The summed E-state index contributed by atoms with van der Waals surface area (Å²) in [7, 11) is 0. The van der Waals surface area contributed by atoms with Crippen molar-refractivity contribution in [2.75, 3.05) is 0 Å². The van der Waals surface area contributed by atoms with E-state index in [0.29, 0.717) is 0 Å². The molecule has 1 N–H and O–H groups in total. The van der Waals surface area contributed by atoms with Gasteiger partial charge in [0.15, 0.2) is 0 Å². The first-order valence-electron chi connectivity index (χ1n) is 2.50. The highest BCUT2D eigenvalue weighted by molar-refractivity contribution is 7.17. The summed E-state index contributed by atoms with van der Waals surface area (Å²) in [5.74, 6) is -1.15. The zero-order chi connectivity index (χ0) is 8.43. The molecule has 0 radical (unpaired) electrons. The summed E-state index contributed by atoms with van der Waals surface area (Å²) in [4.78, 5) is 24.2. The van der Waals surface area contributed by atoms with E-state index in [0.717, 1.165) is 17.5 Å². The van der Waals surface area contributed by atoms with Crippen LogP contribution in [0, 0.1) is 0 Å². The maximum Gasteiger partial charge on any atom is 0.365 e. The van der Waals surface area contributed by atoms with Gasteiger partial charge in [-0.2, -0.15) is 0 Å². The van der Waals surface area contributed by atoms with Crippen LogP contribution in [0.2, 0.25) is 0 Å². The van der Waals surface area contributed by atoms with Crippen LogP contribution in [0.5, 0.6) is 0 Å². The van der Waals surface area contributed by atoms with E-state index >= 15 is 0 Å². The van der Waals surface area contributed by atoms with E-state index < -0.39 is 11.2 Å². The van der Waals surface area contributed by atoms with Crippen LogP contribution >= 0.6 is 22.9 Å². The molecule has 0 aliphatic carbocycles. The van der Waals surface area contributed by atoms with Crippen molar-refractivity contribution in [2.24, 2.45) is 0 Å². The SMILES string of the molecule is O=C(Cl)c1cnc(C(=O)O)s1. The number of aromatic carboxylic acids is 1. The summed E-state index contributed by atoms with van der Waals surface area (Å²) in [5.41, 5.74) is 0. The van der Waals surface area contributed by atoms with Crippen LogP contribution in [-0.2, 0) is 0 Å². The first-order valence-corrected chi connectivity index (χ1v) is 3.69. The van der Waals surface area contributed by atoms with Gasteiger partial charge in [-0.25, -0.2) is 9.78 Å². The molecule has 1 aromatic rings. The van der Waals surface area contributed by atoms with Crippen LogP contribution in [0.1, 0.15) is 19.5 Å². The van der Waals surface area contributed by atoms with Crippen molar-refractivity contribution in [1.82, 2.24) is 4.98 Å². The van der Waals surface area contributed by atoms with Gasteiger partial charge < -0.3 is 5.11 Å². The van der Waals surface area contributed by atoms with Crippen molar-refractivity contribution < 1.29 is 14.7 Å². The van der Waals surface area contributed by atoms with Gasteiger partial charge in [0, 0.05) is 0 Å². The molecule has 4 nitrogen and oxygen atoms in total. The van der Waals surface area contributed by atoms with E-state index in [4.69, 9.17) is 16.7 Å². The average molecular weight is 192 g/mol. The number of hydrogen-bond acceptors (Lipinski definition) is 4. The van der Waals surface area contributed by atoms with Crippen molar-refractivity contribution in [3.63, 3.8) is 0 Å². The lowest BCUT2D eigenvalue weighted by atomic mass is 10.6. The second kappa shape index (κ2) is 2.98. The highest BCUT2D eigenvalue weighted by Crippen LogP contribution is 2.14. The van der Waals surface area contributed by atoms with E-state index in [1.54, 1.807) is 0 Å². The highest BCUT2D eigenvalue weighted by atomic mass is 35.5. The Balaban J connectivity index is 2.99. The number of halogens is 1. The Kier molecular flexibility index (Phi) is 2.21. The number of thiazole rings is 1. The highest BCUT2D eigenvalue weighted by Gasteiger charge is 2.11. The minimum atomic E-state index is -1.15. The lowest BCUT2D eigenvalue weighted by Crippen LogP contribution is -1.92. The van der Waals surface area contributed by atoms with Gasteiger partial charge in [0.1, 0.15) is 4.88 Å². The number of carboxylic acids is 1. The number of rotatable bonds is 2. The Labute approximate surface area is 70.4 Å². The quantitative estimate of drug-likeness (QED) is 0.714. The third kappa shape index (κ3) is 1.75. The largest absolute Gasteiger partial charge is 0.476 e. The van der Waals surface area contributed by atoms with Gasteiger partial charge in [-0.3, -0.25) is 4.79 Å². The molecule has 58 valence electrons. The third-order valence-electron chi connectivity index (χ3n) is 0.882. The summed E-state index contributed by atoms with van der Waals surface area (Å²) >= 11 is 5.82. The topological polar surface area (TPSA) is 67.3 Å². The first kappa shape index (κ1) is 8.16. The zero-order valence-electron chi connectivity index (χ0n) is 5.07. The number of aromatic nitrogens is 1. The molecule has 1 aromatic heterocycles. The predicted molar refractivity (Wildman–Crippen MR) is 39.3 cm³/mol. The summed E-state index contributed by atoms with van der Waals surface area (Å²) in [6.45, 7) is 0. The molecule has 0 bridgehead atoms. The molecule has 0 unspecified atom stereocenters. The van der Waals surface area contributed by atoms with Gasteiger partial charge in [-0.05, 0) is 11.6 Å². The number of carbonyl (C=O) groups is 2. The standard InChI is InChI=1S/C5H2ClNO3S/c6-3(8)2-1-7-4(11-2)5(9)10/h1H,(H,9,10). The number of hydrogen-bond donors (Lipinski definition) is 1. The van der Waals surface area contributed by atoms with E-state index in [9.17, 15) is 9.59 Å². The van der Waals surface area contributed by atoms with Gasteiger partial charge in [0.05, 0.1) is 6.20 Å². The van der Waals surface area contributed by atoms with Gasteiger partial charge in [0.25, 0.3) is 5.24 Å². The maximum absolute atomic E-state index is 10.4. The summed E-state index contributed by atoms with van der Waals surface area (Å²) in [5, 5.41) is 7.56. The van der Waals surface area contributed by atoms with Crippen molar-refractivity contribution in [2.45, 2.75) is 0 Å². The van der Waals surface area contributed by atoms with Gasteiger partial charge in [0.2, 0.25) is 5.01 Å². The molecule has 1 rings (SSSR count). The Morgan fingerprint density at radius 1 is 1.64 bits per heavy atom. The van der Waals surface area contributed by atoms with Crippen molar-refractivity contribution in [3.05, 3.63) is 16.1 Å². The van der Waals surface area contributed by atoms with Gasteiger partial charge in [-0.1, -0.05) is 0 Å². The molecule has 0 aliphatic heterocycles. The fourth-order valence-corrected chi connectivity index (χ4v) is 1.22. The average Bonchev–Trinajstić information content (AvgIpc) is 2.33. The van der Waals surface area contributed by atoms with Gasteiger partial charge >= 0.3 is 5.97 Å².